The number of thiophene rings is 1. The average molecular weight is 271 g/mol. The Labute approximate surface area is 110 Å². The van der Waals surface area contributed by atoms with Crippen LogP contribution in [0.1, 0.15) is 17.7 Å². The molecule has 2 saturated heterocycles. The van der Waals surface area contributed by atoms with Gasteiger partial charge in [0.15, 0.2) is 0 Å². The quantitative estimate of drug-likeness (QED) is 0.893. The monoisotopic (exact) mass is 270 g/mol. The second-order valence-electron chi connectivity index (χ2n) is 4.73. The molecule has 2 fully saturated rings. The molecule has 0 aromatic carbocycles. The maximum Gasteiger partial charge on any atom is 0.227 e. The number of rotatable bonds is 2. The number of carbonyl (C=O) groups excluding carboxylic acids is 1. The van der Waals surface area contributed by atoms with Crippen molar-refractivity contribution < 1.29 is 4.79 Å². The number of nitrogens with zero attached hydrogens (tertiary/aromatic N) is 1. The first-order chi connectivity index (χ1) is 8.24. The van der Waals surface area contributed by atoms with Gasteiger partial charge in [-0.25, -0.2) is 0 Å². The van der Waals surface area contributed by atoms with Crippen molar-refractivity contribution >= 4 is 28.8 Å². The molecule has 2 aliphatic heterocycles. The minimum absolute atomic E-state index is 0.208. The van der Waals surface area contributed by atoms with Crippen LogP contribution in [0.25, 0.3) is 0 Å². The number of fused-ring (bicyclic) bond motifs is 1. The third kappa shape index (κ3) is 2.21. The second-order valence-corrected chi connectivity index (χ2v) is 6.53. The van der Waals surface area contributed by atoms with Crippen molar-refractivity contribution in [3.63, 3.8) is 0 Å². The van der Waals surface area contributed by atoms with Crippen molar-refractivity contribution in [1.29, 1.82) is 0 Å². The van der Waals surface area contributed by atoms with Crippen LogP contribution in [0.5, 0.6) is 0 Å². The first-order valence-electron chi connectivity index (χ1n) is 6.00. The predicted molar refractivity (Wildman–Crippen MR) is 69.3 cm³/mol. The fourth-order valence-electron chi connectivity index (χ4n) is 2.77. The standard InChI is InChI=1S/C12H15ClN2OS/c13-11-4-3-8(17-11)6-15-7-10-9(12(15)16)2-1-5-14-10/h3-4,9-10,14H,1-2,5-7H2. The van der Waals surface area contributed by atoms with Crippen molar-refractivity contribution in [3.05, 3.63) is 21.3 Å². The second kappa shape index (κ2) is 4.59. The number of hydrogen-bond acceptors (Lipinski definition) is 3. The number of carbonyl (C=O) groups is 1. The van der Waals surface area contributed by atoms with Crippen molar-refractivity contribution in [2.24, 2.45) is 5.92 Å². The van der Waals surface area contributed by atoms with E-state index in [9.17, 15) is 4.79 Å². The molecule has 17 heavy (non-hydrogen) atoms. The SMILES string of the molecule is O=C1C2CCCNC2CN1Cc1ccc(Cl)s1. The molecule has 3 rings (SSSR count). The van der Waals surface area contributed by atoms with Crippen LogP contribution < -0.4 is 5.32 Å². The molecule has 0 aliphatic carbocycles. The Morgan fingerprint density at radius 3 is 3.12 bits per heavy atom. The summed E-state index contributed by atoms with van der Waals surface area (Å²) < 4.78 is 0.794. The summed E-state index contributed by atoms with van der Waals surface area (Å²) in [7, 11) is 0. The van der Waals surface area contributed by atoms with Gasteiger partial charge in [-0.3, -0.25) is 4.79 Å². The van der Waals surface area contributed by atoms with Crippen LogP contribution in [-0.2, 0) is 11.3 Å². The molecule has 0 spiro atoms. The third-order valence-electron chi connectivity index (χ3n) is 3.61. The number of nitrogens with one attached hydrogen (secondary N) is 1. The van der Waals surface area contributed by atoms with Crippen molar-refractivity contribution in [3.8, 4) is 0 Å². The number of likely N-dealkylation sites (tertiary alicyclic amines) is 1. The summed E-state index contributed by atoms with van der Waals surface area (Å²) >= 11 is 7.47. The van der Waals surface area contributed by atoms with Gasteiger partial charge in [0.05, 0.1) is 16.8 Å². The summed E-state index contributed by atoms with van der Waals surface area (Å²) in [5.41, 5.74) is 0. The maximum absolute atomic E-state index is 12.2. The Morgan fingerprint density at radius 1 is 1.53 bits per heavy atom. The van der Waals surface area contributed by atoms with Gasteiger partial charge < -0.3 is 10.2 Å². The Morgan fingerprint density at radius 2 is 2.41 bits per heavy atom. The summed E-state index contributed by atoms with van der Waals surface area (Å²) in [5.74, 6) is 0.519. The summed E-state index contributed by atoms with van der Waals surface area (Å²) in [4.78, 5) is 15.3. The highest BCUT2D eigenvalue weighted by Crippen LogP contribution is 2.29. The number of piperidine rings is 1. The molecule has 5 heteroatoms. The van der Waals surface area contributed by atoms with E-state index in [1.54, 1.807) is 11.3 Å². The van der Waals surface area contributed by atoms with E-state index in [0.29, 0.717) is 18.5 Å². The van der Waals surface area contributed by atoms with E-state index < -0.39 is 0 Å². The van der Waals surface area contributed by atoms with E-state index in [1.165, 1.54) is 4.88 Å². The van der Waals surface area contributed by atoms with Gasteiger partial charge in [-0.15, -0.1) is 11.3 Å². The molecule has 1 aromatic heterocycles. The van der Waals surface area contributed by atoms with Crippen LogP contribution >= 0.6 is 22.9 Å². The lowest BCUT2D eigenvalue weighted by molar-refractivity contribution is -0.131. The average Bonchev–Trinajstić information content (AvgIpc) is 2.86. The fraction of sp³-hybridized carbons (Fsp3) is 0.583. The van der Waals surface area contributed by atoms with E-state index in [0.717, 1.165) is 30.3 Å². The van der Waals surface area contributed by atoms with Crippen molar-refractivity contribution in [1.82, 2.24) is 10.2 Å². The van der Waals surface area contributed by atoms with Crippen LogP contribution in [0.3, 0.4) is 0 Å². The van der Waals surface area contributed by atoms with E-state index in [4.69, 9.17) is 11.6 Å². The van der Waals surface area contributed by atoms with E-state index in [2.05, 4.69) is 5.32 Å². The van der Waals surface area contributed by atoms with E-state index in [-0.39, 0.29) is 5.92 Å². The zero-order valence-corrected chi connectivity index (χ0v) is 11.1. The number of halogens is 1. The number of hydrogen-bond donors (Lipinski definition) is 1. The maximum atomic E-state index is 12.2. The molecule has 3 heterocycles. The largest absolute Gasteiger partial charge is 0.336 e. The highest BCUT2D eigenvalue weighted by Gasteiger charge is 2.41. The molecule has 0 bridgehead atoms. The van der Waals surface area contributed by atoms with E-state index >= 15 is 0 Å². The minimum Gasteiger partial charge on any atom is -0.336 e. The van der Waals surface area contributed by atoms with Crippen molar-refractivity contribution in [2.45, 2.75) is 25.4 Å². The summed E-state index contributed by atoms with van der Waals surface area (Å²) in [6, 6.07) is 4.27. The van der Waals surface area contributed by atoms with Crippen LogP contribution in [0.15, 0.2) is 12.1 Å². The molecule has 92 valence electrons. The van der Waals surface area contributed by atoms with Gasteiger partial charge in [-0.05, 0) is 31.5 Å². The summed E-state index contributed by atoms with van der Waals surface area (Å²) in [6.07, 6.45) is 2.16. The lowest BCUT2D eigenvalue weighted by Crippen LogP contribution is -2.41. The molecule has 2 unspecified atom stereocenters. The first-order valence-corrected chi connectivity index (χ1v) is 7.20. The highest BCUT2D eigenvalue weighted by molar-refractivity contribution is 7.16. The zero-order chi connectivity index (χ0) is 11.8. The number of amides is 1. The Hall–Kier alpha value is -0.580. The molecule has 2 aliphatic rings. The van der Waals surface area contributed by atoms with Gasteiger partial charge in [-0.1, -0.05) is 11.6 Å². The summed E-state index contributed by atoms with van der Waals surface area (Å²) in [5, 5.41) is 3.45. The Balaban J connectivity index is 1.70. The van der Waals surface area contributed by atoms with Gasteiger partial charge in [0.1, 0.15) is 0 Å². The molecule has 2 atom stereocenters. The van der Waals surface area contributed by atoms with Crippen LogP contribution in [-0.4, -0.2) is 29.9 Å². The van der Waals surface area contributed by atoms with Gasteiger partial charge in [0.2, 0.25) is 5.91 Å². The first kappa shape index (κ1) is 11.5. The molecule has 0 saturated carbocycles. The fourth-order valence-corrected chi connectivity index (χ4v) is 3.87. The molecule has 1 aromatic rings. The molecule has 3 nitrogen and oxygen atoms in total. The Bertz CT molecular complexity index is 434. The summed E-state index contributed by atoms with van der Waals surface area (Å²) in [6.45, 7) is 2.61. The van der Waals surface area contributed by atoms with Gasteiger partial charge in [0.25, 0.3) is 0 Å². The molecular weight excluding hydrogens is 256 g/mol. The van der Waals surface area contributed by atoms with Gasteiger partial charge in [0, 0.05) is 17.5 Å². The zero-order valence-electron chi connectivity index (χ0n) is 9.49. The highest BCUT2D eigenvalue weighted by atomic mass is 35.5. The smallest absolute Gasteiger partial charge is 0.227 e. The molecular formula is C12H15ClN2OS. The van der Waals surface area contributed by atoms with Gasteiger partial charge >= 0.3 is 0 Å². The van der Waals surface area contributed by atoms with Crippen molar-refractivity contribution in [2.75, 3.05) is 13.1 Å². The molecule has 0 radical (unpaired) electrons. The van der Waals surface area contributed by atoms with Crippen LogP contribution in [0.4, 0.5) is 0 Å². The molecule has 1 amide bonds. The minimum atomic E-state index is 0.208. The van der Waals surface area contributed by atoms with Gasteiger partial charge in [-0.2, -0.15) is 0 Å². The van der Waals surface area contributed by atoms with Crippen LogP contribution in [0.2, 0.25) is 4.34 Å². The lowest BCUT2D eigenvalue weighted by atomic mass is 9.94. The molecule has 1 N–H and O–H groups in total. The predicted octanol–water partition coefficient (Wildman–Crippen LogP) is 2.11. The normalized spacial score (nSPS) is 28.5. The van der Waals surface area contributed by atoms with Crippen LogP contribution in [0, 0.1) is 5.92 Å². The van der Waals surface area contributed by atoms with E-state index in [1.807, 2.05) is 17.0 Å². The third-order valence-corrected chi connectivity index (χ3v) is 4.82. The topological polar surface area (TPSA) is 32.3 Å². The Kier molecular flexibility index (Phi) is 3.11. The lowest BCUT2D eigenvalue weighted by Gasteiger charge is -2.23.